The van der Waals surface area contributed by atoms with Gasteiger partial charge in [-0.15, -0.1) is 11.3 Å². The molecule has 90 valence electrons. The lowest BCUT2D eigenvalue weighted by Crippen LogP contribution is -2.40. The van der Waals surface area contributed by atoms with E-state index in [4.69, 9.17) is 5.73 Å². The summed E-state index contributed by atoms with van der Waals surface area (Å²) in [7, 11) is 0. The van der Waals surface area contributed by atoms with Crippen molar-refractivity contribution < 1.29 is 0 Å². The predicted molar refractivity (Wildman–Crippen MR) is 70.7 cm³/mol. The molecule has 0 amide bonds. The third kappa shape index (κ3) is 3.06. The van der Waals surface area contributed by atoms with Gasteiger partial charge in [-0.25, -0.2) is 0 Å². The molecule has 1 aromatic heterocycles. The monoisotopic (exact) mass is 238 g/mol. The van der Waals surface area contributed by atoms with Gasteiger partial charge in [-0.2, -0.15) is 0 Å². The summed E-state index contributed by atoms with van der Waals surface area (Å²) in [5.41, 5.74) is 7.68. The van der Waals surface area contributed by atoms with Gasteiger partial charge in [-0.05, 0) is 35.8 Å². The van der Waals surface area contributed by atoms with Crippen LogP contribution in [-0.4, -0.2) is 24.0 Å². The molecule has 1 atom stereocenters. The molecule has 0 saturated heterocycles. The average molecular weight is 238 g/mol. The second-order valence-corrected chi connectivity index (χ2v) is 6.24. The van der Waals surface area contributed by atoms with Crippen LogP contribution in [0.4, 0.5) is 0 Å². The number of hydrogen-bond donors (Lipinski definition) is 1. The lowest BCUT2D eigenvalue weighted by atomic mass is 10.0. The highest BCUT2D eigenvalue weighted by molar-refractivity contribution is 7.10. The Balaban J connectivity index is 1.85. The molecule has 1 aliphatic heterocycles. The van der Waals surface area contributed by atoms with Crippen molar-refractivity contribution in [2.75, 3.05) is 13.1 Å². The van der Waals surface area contributed by atoms with E-state index in [1.807, 2.05) is 11.3 Å². The van der Waals surface area contributed by atoms with E-state index >= 15 is 0 Å². The quantitative estimate of drug-likeness (QED) is 0.873. The van der Waals surface area contributed by atoms with Crippen LogP contribution in [-0.2, 0) is 13.0 Å². The number of nitrogens with two attached hydrogens (primary N) is 1. The molecule has 1 unspecified atom stereocenters. The smallest absolute Gasteiger partial charge is 0.0245 e. The summed E-state index contributed by atoms with van der Waals surface area (Å²) in [5.74, 6) is 0.705. The van der Waals surface area contributed by atoms with E-state index in [9.17, 15) is 0 Å². The molecular weight excluding hydrogens is 216 g/mol. The van der Waals surface area contributed by atoms with Gasteiger partial charge in [0.2, 0.25) is 0 Å². The summed E-state index contributed by atoms with van der Waals surface area (Å²) in [4.78, 5) is 4.08. The fourth-order valence-electron chi connectivity index (χ4n) is 2.47. The number of nitrogens with zero attached hydrogens (tertiary/aromatic N) is 1. The first-order valence-corrected chi connectivity index (χ1v) is 7.06. The van der Waals surface area contributed by atoms with Crippen LogP contribution in [0.2, 0.25) is 0 Å². The molecule has 2 nitrogen and oxygen atoms in total. The van der Waals surface area contributed by atoms with Crippen LogP contribution in [0, 0.1) is 5.92 Å². The molecule has 2 heterocycles. The van der Waals surface area contributed by atoms with E-state index in [0.717, 1.165) is 19.5 Å². The maximum Gasteiger partial charge on any atom is 0.0245 e. The number of hydrogen-bond acceptors (Lipinski definition) is 3. The van der Waals surface area contributed by atoms with E-state index in [2.05, 4.69) is 30.2 Å². The van der Waals surface area contributed by atoms with Crippen molar-refractivity contribution in [1.82, 2.24) is 4.90 Å². The highest BCUT2D eigenvalue weighted by atomic mass is 32.1. The van der Waals surface area contributed by atoms with Gasteiger partial charge in [-0.3, -0.25) is 4.90 Å². The minimum absolute atomic E-state index is 0.334. The van der Waals surface area contributed by atoms with E-state index < -0.39 is 0 Å². The van der Waals surface area contributed by atoms with Crippen LogP contribution in [0.25, 0.3) is 0 Å². The van der Waals surface area contributed by atoms with Crippen LogP contribution in [0.5, 0.6) is 0 Å². The van der Waals surface area contributed by atoms with Gasteiger partial charge >= 0.3 is 0 Å². The molecule has 0 aliphatic carbocycles. The highest BCUT2D eigenvalue weighted by Crippen LogP contribution is 2.24. The fourth-order valence-corrected chi connectivity index (χ4v) is 3.36. The third-order valence-corrected chi connectivity index (χ3v) is 4.18. The molecule has 0 spiro atoms. The lowest BCUT2D eigenvalue weighted by Gasteiger charge is -2.29. The van der Waals surface area contributed by atoms with Crippen molar-refractivity contribution in [1.29, 1.82) is 0 Å². The van der Waals surface area contributed by atoms with Crippen molar-refractivity contribution in [2.45, 2.75) is 39.3 Å². The maximum absolute atomic E-state index is 6.16. The van der Waals surface area contributed by atoms with E-state index in [1.165, 1.54) is 18.5 Å². The Morgan fingerprint density at radius 2 is 2.31 bits per heavy atom. The van der Waals surface area contributed by atoms with Crippen LogP contribution in [0.1, 0.15) is 30.7 Å². The third-order valence-electron chi connectivity index (χ3n) is 3.15. The number of rotatable bonds is 4. The zero-order chi connectivity index (χ0) is 11.5. The zero-order valence-electron chi connectivity index (χ0n) is 10.3. The summed E-state index contributed by atoms with van der Waals surface area (Å²) in [6.45, 7) is 7.82. The summed E-state index contributed by atoms with van der Waals surface area (Å²) >= 11 is 1.90. The number of thiophene rings is 1. The molecule has 1 aliphatic rings. The largest absolute Gasteiger partial charge is 0.327 e. The second-order valence-electron chi connectivity index (χ2n) is 5.24. The Morgan fingerprint density at radius 3 is 3.06 bits per heavy atom. The minimum atomic E-state index is 0.334. The SMILES string of the molecule is CC(C)CC(N)CN1CCc2sccc2C1. The van der Waals surface area contributed by atoms with Crippen molar-refractivity contribution in [2.24, 2.45) is 11.7 Å². The first kappa shape index (κ1) is 12.1. The topological polar surface area (TPSA) is 29.3 Å². The Labute approximate surface area is 102 Å². The highest BCUT2D eigenvalue weighted by Gasteiger charge is 2.19. The first-order valence-electron chi connectivity index (χ1n) is 6.18. The van der Waals surface area contributed by atoms with Gasteiger partial charge in [0.05, 0.1) is 0 Å². The van der Waals surface area contributed by atoms with E-state index in [0.29, 0.717) is 12.0 Å². The zero-order valence-corrected chi connectivity index (χ0v) is 11.1. The van der Waals surface area contributed by atoms with Gasteiger partial charge in [0, 0.05) is 30.6 Å². The maximum atomic E-state index is 6.16. The fraction of sp³-hybridized carbons (Fsp3) is 0.692. The van der Waals surface area contributed by atoms with Crippen LogP contribution >= 0.6 is 11.3 Å². The normalized spacial score (nSPS) is 18.8. The van der Waals surface area contributed by atoms with E-state index in [1.54, 1.807) is 4.88 Å². The Hall–Kier alpha value is -0.380. The summed E-state index contributed by atoms with van der Waals surface area (Å²) < 4.78 is 0. The lowest BCUT2D eigenvalue weighted by molar-refractivity contribution is 0.230. The van der Waals surface area contributed by atoms with Gasteiger partial charge in [0.1, 0.15) is 0 Å². The molecule has 0 bridgehead atoms. The van der Waals surface area contributed by atoms with E-state index in [-0.39, 0.29) is 0 Å². The summed E-state index contributed by atoms with van der Waals surface area (Å²) in [6.07, 6.45) is 2.34. The second kappa shape index (κ2) is 5.30. The van der Waals surface area contributed by atoms with Crippen molar-refractivity contribution in [3.63, 3.8) is 0 Å². The molecule has 0 fully saturated rings. The molecule has 0 saturated carbocycles. The Kier molecular flexibility index (Phi) is 4.00. The molecule has 16 heavy (non-hydrogen) atoms. The van der Waals surface area contributed by atoms with Crippen molar-refractivity contribution >= 4 is 11.3 Å². The standard InChI is InChI=1S/C13H22N2S/c1-10(2)7-12(14)9-15-5-3-13-11(8-15)4-6-16-13/h4,6,10,12H,3,5,7-9,14H2,1-2H3. The Morgan fingerprint density at radius 1 is 1.50 bits per heavy atom. The summed E-state index contributed by atoms with van der Waals surface area (Å²) in [5, 5.41) is 2.21. The average Bonchev–Trinajstić information content (AvgIpc) is 2.63. The van der Waals surface area contributed by atoms with Crippen LogP contribution < -0.4 is 5.73 Å². The van der Waals surface area contributed by atoms with Crippen LogP contribution in [0.15, 0.2) is 11.4 Å². The first-order chi connectivity index (χ1) is 7.65. The molecule has 1 aromatic rings. The van der Waals surface area contributed by atoms with Crippen molar-refractivity contribution in [3.05, 3.63) is 21.9 Å². The van der Waals surface area contributed by atoms with Gasteiger partial charge in [0.25, 0.3) is 0 Å². The number of fused-ring (bicyclic) bond motifs is 1. The van der Waals surface area contributed by atoms with Gasteiger partial charge in [0.15, 0.2) is 0 Å². The van der Waals surface area contributed by atoms with Crippen LogP contribution in [0.3, 0.4) is 0 Å². The molecular formula is C13H22N2S. The molecule has 3 heteroatoms. The molecule has 0 radical (unpaired) electrons. The minimum Gasteiger partial charge on any atom is -0.327 e. The predicted octanol–water partition coefficient (Wildman–Crippen LogP) is 2.48. The molecule has 0 aromatic carbocycles. The van der Waals surface area contributed by atoms with Gasteiger partial charge < -0.3 is 5.73 Å². The summed E-state index contributed by atoms with van der Waals surface area (Å²) in [6, 6.07) is 2.60. The van der Waals surface area contributed by atoms with Crippen molar-refractivity contribution in [3.8, 4) is 0 Å². The molecule has 2 N–H and O–H groups in total. The molecule has 2 rings (SSSR count). The Bertz CT molecular complexity index is 332. The van der Waals surface area contributed by atoms with Gasteiger partial charge in [-0.1, -0.05) is 13.8 Å².